The molecular weight excluding hydrogens is 322 g/mol. The average molecular weight is 347 g/mol. The van der Waals surface area contributed by atoms with Gasteiger partial charge in [-0.15, -0.1) is 0 Å². The fourth-order valence-electron chi connectivity index (χ4n) is 3.83. The number of carbonyl (C=O) groups excluding carboxylic acids is 3. The van der Waals surface area contributed by atoms with E-state index in [2.05, 4.69) is 10.6 Å². The Balaban J connectivity index is 1.37. The van der Waals surface area contributed by atoms with E-state index in [4.69, 9.17) is 4.42 Å². The lowest BCUT2D eigenvalue weighted by Crippen LogP contribution is -2.49. The first-order chi connectivity index (χ1) is 12.1. The van der Waals surface area contributed by atoms with Crippen molar-refractivity contribution in [3.63, 3.8) is 0 Å². The van der Waals surface area contributed by atoms with Crippen molar-refractivity contribution in [1.29, 1.82) is 0 Å². The van der Waals surface area contributed by atoms with Crippen molar-refractivity contribution in [1.82, 2.24) is 15.5 Å². The molecule has 1 saturated heterocycles. The highest BCUT2D eigenvalue weighted by Crippen LogP contribution is 2.35. The van der Waals surface area contributed by atoms with Crippen LogP contribution in [0.15, 0.2) is 22.8 Å². The summed E-state index contributed by atoms with van der Waals surface area (Å²) in [5.41, 5.74) is 0. The molecule has 2 fully saturated rings. The highest BCUT2D eigenvalue weighted by molar-refractivity contribution is 5.94. The minimum atomic E-state index is -0.453. The molecule has 1 aromatic rings. The zero-order chi connectivity index (χ0) is 17.6. The van der Waals surface area contributed by atoms with Gasteiger partial charge in [-0.2, -0.15) is 0 Å². The van der Waals surface area contributed by atoms with Crippen molar-refractivity contribution in [3.8, 4) is 0 Å². The number of likely N-dealkylation sites (tertiary alicyclic amines) is 1. The molecule has 1 aliphatic carbocycles. The Morgan fingerprint density at radius 2 is 1.88 bits per heavy atom. The summed E-state index contributed by atoms with van der Waals surface area (Å²) in [6.45, 7) is 1.39. The molecule has 7 heteroatoms. The van der Waals surface area contributed by atoms with E-state index in [0.717, 1.165) is 25.4 Å². The Labute approximate surface area is 147 Å². The summed E-state index contributed by atoms with van der Waals surface area (Å²) in [5.74, 6) is 0.652. The fraction of sp³-hybridized carbons (Fsp3) is 0.611. The van der Waals surface area contributed by atoms with E-state index in [1.54, 1.807) is 6.07 Å². The summed E-state index contributed by atoms with van der Waals surface area (Å²) in [6, 6.07) is 3.12. The van der Waals surface area contributed by atoms with Gasteiger partial charge in [0.15, 0.2) is 5.76 Å². The summed E-state index contributed by atoms with van der Waals surface area (Å²) < 4.78 is 4.94. The molecule has 2 heterocycles. The molecular formula is C18H25N3O4. The number of nitrogens with one attached hydrogen (secondary N) is 2. The number of nitrogens with zero attached hydrogens (tertiary/aromatic N) is 1. The van der Waals surface area contributed by atoms with Gasteiger partial charge in [-0.3, -0.25) is 14.4 Å². The second kappa shape index (κ2) is 8.18. The van der Waals surface area contributed by atoms with E-state index in [0.29, 0.717) is 5.92 Å². The third kappa shape index (κ3) is 4.61. The first kappa shape index (κ1) is 17.5. The number of piperidine rings is 1. The normalized spacial score (nSPS) is 22.8. The smallest absolute Gasteiger partial charge is 0.287 e. The molecule has 0 unspecified atom stereocenters. The molecule has 0 aromatic carbocycles. The van der Waals surface area contributed by atoms with Crippen molar-refractivity contribution in [2.24, 2.45) is 11.8 Å². The zero-order valence-electron chi connectivity index (χ0n) is 14.3. The maximum absolute atomic E-state index is 12.3. The van der Waals surface area contributed by atoms with Gasteiger partial charge in [-0.25, -0.2) is 0 Å². The van der Waals surface area contributed by atoms with E-state index < -0.39 is 5.91 Å². The standard InChI is InChI=1S/C18H25N3O4/c22-16(10-20-18(24)15-6-3-9-25-15)19-11-17(23)21-8-7-13-4-1-2-5-14(13)12-21/h3,6,9,13-14H,1-2,4-5,7-8,10-12H2,(H,19,22)(H,20,24)/t13-,14-/m1/s1. The number of hydrogen-bond acceptors (Lipinski definition) is 4. The van der Waals surface area contributed by atoms with Gasteiger partial charge in [0.05, 0.1) is 19.4 Å². The summed E-state index contributed by atoms with van der Waals surface area (Å²) >= 11 is 0. The molecule has 1 aliphatic heterocycles. The van der Waals surface area contributed by atoms with E-state index in [1.165, 1.54) is 38.0 Å². The zero-order valence-corrected chi connectivity index (χ0v) is 14.3. The Morgan fingerprint density at radius 3 is 2.64 bits per heavy atom. The van der Waals surface area contributed by atoms with Crippen LogP contribution in [-0.4, -0.2) is 48.8 Å². The number of rotatable bonds is 5. The summed E-state index contributed by atoms with van der Waals surface area (Å²) in [4.78, 5) is 37.7. The molecule has 2 aliphatic rings. The van der Waals surface area contributed by atoms with Crippen LogP contribution >= 0.6 is 0 Å². The van der Waals surface area contributed by atoms with Crippen LogP contribution in [0.4, 0.5) is 0 Å². The molecule has 7 nitrogen and oxygen atoms in total. The highest BCUT2D eigenvalue weighted by atomic mass is 16.3. The van der Waals surface area contributed by atoms with E-state index >= 15 is 0 Å². The van der Waals surface area contributed by atoms with Gasteiger partial charge in [-0.1, -0.05) is 19.3 Å². The topological polar surface area (TPSA) is 91.6 Å². The Hall–Kier alpha value is -2.31. The number of amides is 3. The molecule has 0 spiro atoms. The molecule has 0 radical (unpaired) electrons. The van der Waals surface area contributed by atoms with Crippen molar-refractivity contribution in [2.45, 2.75) is 32.1 Å². The maximum Gasteiger partial charge on any atom is 0.287 e. The Morgan fingerprint density at radius 1 is 1.08 bits per heavy atom. The molecule has 1 aromatic heterocycles. The van der Waals surface area contributed by atoms with Gasteiger partial charge >= 0.3 is 0 Å². The Bertz CT molecular complexity index is 614. The Kier molecular flexibility index (Phi) is 5.73. The third-order valence-electron chi connectivity index (χ3n) is 5.24. The summed E-state index contributed by atoms with van der Waals surface area (Å²) in [5, 5.41) is 5.03. The van der Waals surface area contributed by atoms with Gasteiger partial charge in [0.1, 0.15) is 0 Å². The predicted molar refractivity (Wildman–Crippen MR) is 90.7 cm³/mol. The minimum Gasteiger partial charge on any atom is -0.459 e. The van der Waals surface area contributed by atoms with Crippen LogP contribution in [0.2, 0.25) is 0 Å². The van der Waals surface area contributed by atoms with Crippen LogP contribution in [0, 0.1) is 11.8 Å². The lowest BCUT2D eigenvalue weighted by atomic mass is 9.75. The second-order valence-corrected chi connectivity index (χ2v) is 6.87. The monoisotopic (exact) mass is 347 g/mol. The maximum atomic E-state index is 12.3. The van der Waals surface area contributed by atoms with Crippen molar-refractivity contribution in [2.75, 3.05) is 26.2 Å². The number of furan rings is 1. The molecule has 0 bridgehead atoms. The average Bonchev–Trinajstić information content (AvgIpc) is 3.18. The molecule has 2 atom stereocenters. The number of fused-ring (bicyclic) bond motifs is 1. The van der Waals surface area contributed by atoms with Crippen LogP contribution in [0.25, 0.3) is 0 Å². The van der Waals surface area contributed by atoms with Crippen molar-refractivity contribution in [3.05, 3.63) is 24.2 Å². The van der Waals surface area contributed by atoms with E-state index in [1.807, 2.05) is 4.90 Å². The third-order valence-corrected chi connectivity index (χ3v) is 5.24. The lowest BCUT2D eigenvalue weighted by molar-refractivity contribution is -0.135. The van der Waals surface area contributed by atoms with Crippen LogP contribution < -0.4 is 10.6 Å². The molecule has 25 heavy (non-hydrogen) atoms. The summed E-state index contributed by atoms with van der Waals surface area (Å²) in [7, 11) is 0. The molecule has 3 amide bonds. The number of hydrogen-bond donors (Lipinski definition) is 2. The first-order valence-electron chi connectivity index (χ1n) is 8.99. The quantitative estimate of drug-likeness (QED) is 0.836. The molecule has 2 N–H and O–H groups in total. The van der Waals surface area contributed by atoms with Gasteiger partial charge < -0.3 is 20.0 Å². The van der Waals surface area contributed by atoms with Gasteiger partial charge in [-0.05, 0) is 36.8 Å². The van der Waals surface area contributed by atoms with Gasteiger partial charge in [0.25, 0.3) is 5.91 Å². The molecule has 1 saturated carbocycles. The van der Waals surface area contributed by atoms with Gasteiger partial charge in [0, 0.05) is 13.1 Å². The molecule has 3 rings (SSSR count). The van der Waals surface area contributed by atoms with Crippen LogP contribution in [0.1, 0.15) is 42.7 Å². The lowest BCUT2D eigenvalue weighted by Gasteiger charge is -2.41. The minimum absolute atomic E-state index is 0.0210. The first-order valence-corrected chi connectivity index (χ1v) is 8.99. The van der Waals surface area contributed by atoms with Crippen LogP contribution in [0.3, 0.4) is 0 Å². The molecule has 136 valence electrons. The SMILES string of the molecule is O=C(CNC(=O)c1ccco1)NCC(=O)N1CC[C@H]2CCCC[C@@H]2C1. The number of carbonyl (C=O) groups is 3. The summed E-state index contributed by atoms with van der Waals surface area (Å²) in [6.07, 6.45) is 7.54. The van der Waals surface area contributed by atoms with Crippen molar-refractivity contribution >= 4 is 17.7 Å². The van der Waals surface area contributed by atoms with Crippen molar-refractivity contribution < 1.29 is 18.8 Å². The fourth-order valence-corrected chi connectivity index (χ4v) is 3.83. The highest BCUT2D eigenvalue weighted by Gasteiger charge is 2.32. The second-order valence-electron chi connectivity index (χ2n) is 6.87. The largest absolute Gasteiger partial charge is 0.459 e. The predicted octanol–water partition coefficient (Wildman–Crippen LogP) is 1.16. The van der Waals surface area contributed by atoms with E-state index in [9.17, 15) is 14.4 Å². The van der Waals surface area contributed by atoms with Crippen LogP contribution in [-0.2, 0) is 9.59 Å². The van der Waals surface area contributed by atoms with Gasteiger partial charge in [0.2, 0.25) is 11.8 Å². The van der Waals surface area contributed by atoms with E-state index in [-0.39, 0.29) is 30.7 Å². The van der Waals surface area contributed by atoms with Crippen LogP contribution in [0.5, 0.6) is 0 Å².